The second kappa shape index (κ2) is 10.9. The van der Waals surface area contributed by atoms with E-state index in [9.17, 15) is 9.00 Å². The van der Waals surface area contributed by atoms with Crippen molar-refractivity contribution < 1.29 is 13.7 Å². The number of ether oxygens (including phenoxy) is 1. The highest BCUT2D eigenvalue weighted by Gasteiger charge is 2.20. The molecular formula is C25H25Cl2N7O3S. The molecule has 13 heteroatoms. The van der Waals surface area contributed by atoms with Crippen LogP contribution in [0.1, 0.15) is 29.1 Å². The number of hydrogen-bond acceptors (Lipinski definition) is 8. The average molecular weight is 574 g/mol. The lowest BCUT2D eigenvalue weighted by molar-refractivity contribution is 0.102. The molecule has 0 aliphatic carbocycles. The fourth-order valence-corrected chi connectivity index (χ4v) is 6.84. The number of hydrogen-bond donors (Lipinski definition) is 2. The Morgan fingerprint density at radius 3 is 2.58 bits per heavy atom. The van der Waals surface area contributed by atoms with Gasteiger partial charge in [-0.1, -0.05) is 23.2 Å². The number of pyridine rings is 2. The number of carbonyl (C=O) groups is 1. The minimum absolute atomic E-state index is 0.183. The number of H-pyrrole nitrogens is 1. The van der Waals surface area contributed by atoms with Gasteiger partial charge in [0.25, 0.3) is 5.91 Å². The van der Waals surface area contributed by atoms with Crippen LogP contribution in [0, 0.1) is 0 Å². The van der Waals surface area contributed by atoms with Crippen molar-refractivity contribution in [1.82, 2.24) is 25.1 Å². The predicted octanol–water partition coefficient (Wildman–Crippen LogP) is 5.10. The molecule has 4 aromatic rings. The molecule has 38 heavy (non-hydrogen) atoms. The van der Waals surface area contributed by atoms with Crippen LogP contribution in [0.3, 0.4) is 0 Å². The first kappa shape index (κ1) is 26.4. The van der Waals surface area contributed by atoms with Crippen LogP contribution in [0.25, 0.3) is 10.9 Å². The summed E-state index contributed by atoms with van der Waals surface area (Å²) in [5, 5.41) is 11.2. The number of benzene rings is 1. The van der Waals surface area contributed by atoms with E-state index >= 15 is 0 Å². The molecule has 1 aliphatic rings. The van der Waals surface area contributed by atoms with Crippen LogP contribution in [-0.2, 0) is 9.73 Å². The van der Waals surface area contributed by atoms with Crippen LogP contribution in [-0.4, -0.2) is 66.8 Å². The third-order valence-electron chi connectivity index (χ3n) is 6.20. The quantitative estimate of drug-likeness (QED) is 0.328. The summed E-state index contributed by atoms with van der Waals surface area (Å²) in [5.74, 6) is 1.45. The summed E-state index contributed by atoms with van der Waals surface area (Å²) in [7, 11) is -0.292. The molecule has 0 radical (unpaired) electrons. The second-order valence-electron chi connectivity index (χ2n) is 8.99. The summed E-state index contributed by atoms with van der Waals surface area (Å²) in [6.45, 7) is 3.32. The molecule has 3 aromatic heterocycles. The molecule has 1 amide bonds. The number of halogens is 2. The summed E-state index contributed by atoms with van der Waals surface area (Å²) in [5.41, 5.74) is 1.99. The zero-order chi connectivity index (χ0) is 26.9. The van der Waals surface area contributed by atoms with Crippen LogP contribution in [0.15, 0.2) is 53.3 Å². The smallest absolute Gasteiger partial charge is 0.277 e. The van der Waals surface area contributed by atoms with Gasteiger partial charge in [0, 0.05) is 47.9 Å². The first-order chi connectivity index (χ1) is 18.2. The van der Waals surface area contributed by atoms with Crippen molar-refractivity contribution in [3.8, 4) is 5.75 Å². The van der Waals surface area contributed by atoms with E-state index in [1.165, 1.54) is 18.6 Å². The third kappa shape index (κ3) is 5.75. The van der Waals surface area contributed by atoms with Gasteiger partial charge in [-0.2, -0.15) is 9.46 Å². The van der Waals surface area contributed by atoms with Gasteiger partial charge in [0.1, 0.15) is 17.7 Å². The normalized spacial score (nSPS) is 16.2. The van der Waals surface area contributed by atoms with E-state index in [0.29, 0.717) is 55.3 Å². The lowest BCUT2D eigenvalue weighted by Crippen LogP contribution is -2.37. The molecule has 0 spiro atoms. The van der Waals surface area contributed by atoms with E-state index in [0.717, 1.165) is 13.1 Å². The molecule has 198 valence electrons. The number of amides is 1. The SMILES string of the molecule is CC(Oc1ccc2[nH]nc(C(=O)Nc3ccc(N=S4(=O)CCN(C)CC4)cn3)c2c1)c1c(Cl)cncc1Cl. The van der Waals surface area contributed by atoms with Gasteiger partial charge < -0.3 is 15.0 Å². The van der Waals surface area contributed by atoms with Gasteiger partial charge in [-0.25, -0.2) is 9.19 Å². The van der Waals surface area contributed by atoms with Crippen molar-refractivity contribution in [1.29, 1.82) is 0 Å². The van der Waals surface area contributed by atoms with Gasteiger partial charge in [-0.05, 0) is 44.3 Å². The van der Waals surface area contributed by atoms with Gasteiger partial charge in [-0.15, -0.1) is 0 Å². The predicted molar refractivity (Wildman–Crippen MR) is 149 cm³/mol. The zero-order valence-corrected chi connectivity index (χ0v) is 23.0. The Kier molecular flexibility index (Phi) is 7.53. The number of anilines is 1. The Labute approximate surface area is 229 Å². The van der Waals surface area contributed by atoms with Gasteiger partial charge in [0.15, 0.2) is 5.69 Å². The fourth-order valence-electron chi connectivity index (χ4n) is 4.10. The summed E-state index contributed by atoms with van der Waals surface area (Å²) in [6.07, 6.45) is 4.06. The minimum atomic E-state index is -2.30. The summed E-state index contributed by atoms with van der Waals surface area (Å²) in [6, 6.07) is 8.58. The highest BCUT2D eigenvalue weighted by Crippen LogP contribution is 2.33. The van der Waals surface area contributed by atoms with Crippen LogP contribution in [0.4, 0.5) is 11.5 Å². The number of rotatable bonds is 6. The highest BCUT2D eigenvalue weighted by molar-refractivity contribution is 7.93. The van der Waals surface area contributed by atoms with E-state index in [2.05, 4.69) is 34.7 Å². The number of fused-ring (bicyclic) bond motifs is 1. The number of carbonyl (C=O) groups excluding carboxylic acids is 1. The maximum Gasteiger partial charge on any atom is 0.277 e. The Bertz CT molecular complexity index is 1580. The molecule has 1 atom stereocenters. The number of aromatic amines is 1. The minimum Gasteiger partial charge on any atom is -0.486 e. The van der Waals surface area contributed by atoms with Crippen LogP contribution in [0.5, 0.6) is 5.75 Å². The molecule has 5 rings (SSSR count). The van der Waals surface area contributed by atoms with Gasteiger partial charge >= 0.3 is 0 Å². The van der Waals surface area contributed by atoms with Gasteiger partial charge in [0.2, 0.25) is 0 Å². The molecule has 1 unspecified atom stereocenters. The Hall–Kier alpha value is -3.25. The second-order valence-corrected chi connectivity index (χ2v) is 12.3. The van der Waals surface area contributed by atoms with Crippen molar-refractivity contribution >= 4 is 61.2 Å². The standard InChI is InChI=1S/C25H25Cl2N7O3S/c1-15(23-19(26)13-28-14-20(23)27)37-17-4-5-21-18(11-17)24(32-31-21)25(35)30-22-6-3-16(12-29-22)33-38(36)9-7-34(2)8-10-38/h3-6,11-15H,7-10H2,1-2H3,(H,31,32)(H,29,30,35). The molecule has 1 aliphatic heterocycles. The average Bonchev–Trinajstić information content (AvgIpc) is 3.31. The molecule has 1 aromatic carbocycles. The van der Waals surface area contributed by atoms with Crippen molar-refractivity contribution in [3.63, 3.8) is 0 Å². The first-order valence-electron chi connectivity index (χ1n) is 11.8. The monoisotopic (exact) mass is 573 g/mol. The zero-order valence-electron chi connectivity index (χ0n) is 20.6. The number of nitrogens with one attached hydrogen (secondary N) is 2. The number of aromatic nitrogens is 4. The van der Waals surface area contributed by atoms with Crippen molar-refractivity contribution in [2.45, 2.75) is 13.0 Å². The first-order valence-corrected chi connectivity index (χ1v) is 14.4. The van der Waals surface area contributed by atoms with E-state index in [1.54, 1.807) is 30.3 Å². The summed E-state index contributed by atoms with van der Waals surface area (Å²) < 4.78 is 23.4. The van der Waals surface area contributed by atoms with Crippen molar-refractivity contribution in [2.75, 3.05) is 37.0 Å². The lowest BCUT2D eigenvalue weighted by atomic mass is 10.1. The molecular weight excluding hydrogens is 549 g/mol. The third-order valence-corrected chi connectivity index (χ3v) is 8.99. The molecule has 4 heterocycles. The van der Waals surface area contributed by atoms with Crippen LogP contribution < -0.4 is 10.1 Å². The summed E-state index contributed by atoms with van der Waals surface area (Å²) >= 11 is 12.5. The van der Waals surface area contributed by atoms with Crippen LogP contribution in [0.2, 0.25) is 10.0 Å². The molecule has 10 nitrogen and oxygen atoms in total. The van der Waals surface area contributed by atoms with E-state index in [1.807, 2.05) is 14.0 Å². The number of nitrogens with zero attached hydrogens (tertiary/aromatic N) is 5. The summed E-state index contributed by atoms with van der Waals surface area (Å²) in [4.78, 5) is 23.4. The van der Waals surface area contributed by atoms with Crippen molar-refractivity contribution in [2.24, 2.45) is 4.36 Å². The topological polar surface area (TPSA) is 125 Å². The maximum absolute atomic E-state index is 13.0. The fraction of sp³-hybridized carbons (Fsp3) is 0.280. The lowest BCUT2D eigenvalue weighted by Gasteiger charge is -2.24. The van der Waals surface area contributed by atoms with E-state index in [4.69, 9.17) is 27.9 Å². The largest absolute Gasteiger partial charge is 0.486 e. The van der Waals surface area contributed by atoms with Crippen LogP contribution >= 0.6 is 23.2 Å². The molecule has 0 bridgehead atoms. The molecule has 1 fully saturated rings. The van der Waals surface area contributed by atoms with Gasteiger partial charge in [-0.3, -0.25) is 14.9 Å². The van der Waals surface area contributed by atoms with E-state index < -0.39 is 21.7 Å². The van der Waals surface area contributed by atoms with Crippen molar-refractivity contribution in [3.05, 3.63) is 70.2 Å². The Morgan fingerprint density at radius 2 is 1.89 bits per heavy atom. The van der Waals surface area contributed by atoms with E-state index in [-0.39, 0.29) is 5.69 Å². The van der Waals surface area contributed by atoms with Gasteiger partial charge in [0.05, 0.1) is 37.2 Å². The Morgan fingerprint density at radius 1 is 1.16 bits per heavy atom. The highest BCUT2D eigenvalue weighted by atomic mass is 35.5. The molecule has 2 N–H and O–H groups in total. The molecule has 0 saturated carbocycles. The molecule has 1 saturated heterocycles. The Balaban J connectivity index is 1.31. The maximum atomic E-state index is 13.0.